The third-order valence-electron chi connectivity index (χ3n) is 4.31. The van der Waals surface area contributed by atoms with Gasteiger partial charge in [0.2, 0.25) is 11.8 Å². The maximum atomic E-state index is 12.5. The minimum absolute atomic E-state index is 0.305. The van der Waals surface area contributed by atoms with E-state index in [4.69, 9.17) is 0 Å². The van der Waals surface area contributed by atoms with Crippen molar-refractivity contribution >= 4 is 23.7 Å². The fraction of sp³-hybridized carbons (Fsp3) is 0.500. The van der Waals surface area contributed by atoms with Crippen molar-refractivity contribution in [2.24, 2.45) is 5.92 Å². The van der Waals surface area contributed by atoms with E-state index >= 15 is 0 Å². The Morgan fingerprint density at radius 2 is 1.69 bits per heavy atom. The predicted octanol–water partition coefficient (Wildman–Crippen LogP) is -1.80. The summed E-state index contributed by atoms with van der Waals surface area (Å²) in [6, 6.07) is 6.36. The van der Waals surface area contributed by atoms with Crippen molar-refractivity contribution in [3.8, 4) is 0 Å². The second kappa shape index (κ2) is 12.5. The van der Waals surface area contributed by atoms with E-state index < -0.39 is 35.8 Å². The van der Waals surface area contributed by atoms with Crippen molar-refractivity contribution < 1.29 is 30.0 Å². The van der Waals surface area contributed by atoms with E-state index in [1.807, 2.05) is 0 Å². The molecule has 0 saturated heterocycles. The van der Waals surface area contributed by atoms with E-state index in [0.29, 0.717) is 24.9 Å². The highest BCUT2D eigenvalue weighted by atomic mass is 16.4. The van der Waals surface area contributed by atoms with Gasteiger partial charge in [0.1, 0.15) is 6.04 Å². The molecule has 0 bridgehead atoms. The fourth-order valence-corrected chi connectivity index (χ4v) is 2.64. The van der Waals surface area contributed by atoms with Crippen molar-refractivity contribution in [3.63, 3.8) is 0 Å². The zero-order chi connectivity index (χ0) is 21.8. The van der Waals surface area contributed by atoms with Gasteiger partial charge < -0.3 is 31.6 Å². The maximum Gasteiger partial charge on any atom is 0.251 e. The van der Waals surface area contributed by atoms with Gasteiger partial charge in [-0.1, -0.05) is 32.0 Å². The molecule has 0 aliphatic rings. The molecule has 0 radical (unpaired) electrons. The number of benzene rings is 1. The van der Waals surface area contributed by atoms with Gasteiger partial charge in [0.05, 0.1) is 25.1 Å². The Morgan fingerprint density at radius 1 is 1.03 bits per heavy atom. The van der Waals surface area contributed by atoms with Gasteiger partial charge in [-0.15, -0.1) is 0 Å². The summed E-state index contributed by atoms with van der Waals surface area (Å²) in [6.07, 6.45) is 1.73. The van der Waals surface area contributed by atoms with Crippen molar-refractivity contribution in [1.82, 2.24) is 16.0 Å². The van der Waals surface area contributed by atoms with Gasteiger partial charge in [-0.05, 0) is 37.3 Å². The normalized spacial score (nSPS) is 12.7. The van der Waals surface area contributed by atoms with Gasteiger partial charge in [0.15, 0.2) is 0 Å². The molecular weight excluding hydrogens is 376 g/mol. The monoisotopic (exact) mass is 406 g/mol. The number of carbonyl (C=O) groups excluding carboxylic acids is 4. The lowest BCUT2D eigenvalue weighted by atomic mass is 10.0. The van der Waals surface area contributed by atoms with Crippen LogP contribution in [0.1, 0.15) is 43.5 Å². The molecule has 0 heterocycles. The van der Waals surface area contributed by atoms with Gasteiger partial charge in [-0.3, -0.25) is 14.4 Å². The number of quaternary nitrogens is 1. The fourth-order valence-electron chi connectivity index (χ4n) is 2.64. The molecule has 0 saturated carbocycles. The van der Waals surface area contributed by atoms with Crippen LogP contribution in [0.15, 0.2) is 30.3 Å². The summed E-state index contributed by atoms with van der Waals surface area (Å²) in [7, 11) is 0. The quantitative estimate of drug-likeness (QED) is 0.302. The number of carboxylic acid groups (broad SMARTS) is 1. The smallest absolute Gasteiger partial charge is 0.251 e. The summed E-state index contributed by atoms with van der Waals surface area (Å²) < 4.78 is 0. The lowest BCUT2D eigenvalue weighted by Gasteiger charge is -2.26. The summed E-state index contributed by atoms with van der Waals surface area (Å²) in [4.78, 5) is 48.0. The molecule has 29 heavy (non-hydrogen) atoms. The summed E-state index contributed by atoms with van der Waals surface area (Å²) >= 11 is 0. The van der Waals surface area contributed by atoms with Crippen LogP contribution in [0.3, 0.4) is 0 Å². The number of carbonyl (C=O) groups is 4. The van der Waals surface area contributed by atoms with Crippen LogP contribution >= 0.6 is 0 Å². The molecule has 2 atom stereocenters. The summed E-state index contributed by atoms with van der Waals surface area (Å²) in [5.74, 6) is -3.30. The SMILES string of the molecule is CC(C)[C@H](NC(=O)[C@H](CCCC[NH3+])NC(=O)CNC(=O)c1ccccc1)C(=O)[O-]. The number of carboxylic acids is 1. The van der Waals surface area contributed by atoms with Crippen molar-refractivity contribution in [3.05, 3.63) is 35.9 Å². The predicted molar refractivity (Wildman–Crippen MR) is 104 cm³/mol. The molecule has 1 rings (SSSR count). The first kappa shape index (κ1) is 24.1. The molecule has 6 N–H and O–H groups in total. The van der Waals surface area contributed by atoms with Crippen LogP contribution < -0.4 is 26.8 Å². The second-order valence-electron chi connectivity index (χ2n) is 7.07. The average Bonchev–Trinajstić information content (AvgIpc) is 2.69. The summed E-state index contributed by atoms with van der Waals surface area (Å²) in [6.45, 7) is 3.68. The Kier molecular flexibility index (Phi) is 10.4. The number of amides is 3. The minimum atomic E-state index is -1.38. The Balaban J connectivity index is 2.68. The van der Waals surface area contributed by atoms with Gasteiger partial charge in [0.25, 0.3) is 5.91 Å². The first-order valence-electron chi connectivity index (χ1n) is 9.69. The average molecular weight is 406 g/mol. The largest absolute Gasteiger partial charge is 0.548 e. The van der Waals surface area contributed by atoms with Gasteiger partial charge in [0, 0.05) is 5.56 Å². The lowest BCUT2D eigenvalue weighted by molar-refractivity contribution is -0.368. The molecule has 3 amide bonds. The highest BCUT2D eigenvalue weighted by Gasteiger charge is 2.25. The molecule has 160 valence electrons. The number of aliphatic carboxylic acids is 1. The molecule has 9 nitrogen and oxygen atoms in total. The van der Waals surface area contributed by atoms with Gasteiger partial charge >= 0.3 is 0 Å². The molecule has 0 aliphatic carbocycles. The van der Waals surface area contributed by atoms with Crippen LogP contribution in [0, 0.1) is 5.92 Å². The molecule has 0 unspecified atom stereocenters. The molecule has 0 aliphatic heterocycles. The van der Waals surface area contributed by atoms with E-state index in [9.17, 15) is 24.3 Å². The maximum absolute atomic E-state index is 12.5. The minimum Gasteiger partial charge on any atom is -0.548 e. The first-order chi connectivity index (χ1) is 13.8. The van der Waals surface area contributed by atoms with Crippen LogP contribution in [0.2, 0.25) is 0 Å². The van der Waals surface area contributed by atoms with E-state index in [1.165, 1.54) is 0 Å². The molecule has 1 aromatic carbocycles. The van der Waals surface area contributed by atoms with Crippen molar-refractivity contribution in [2.75, 3.05) is 13.1 Å². The zero-order valence-corrected chi connectivity index (χ0v) is 16.9. The molecule has 1 aromatic rings. The van der Waals surface area contributed by atoms with Gasteiger partial charge in [-0.25, -0.2) is 0 Å². The van der Waals surface area contributed by atoms with E-state index in [-0.39, 0.29) is 12.5 Å². The number of nitrogens with one attached hydrogen (secondary N) is 3. The summed E-state index contributed by atoms with van der Waals surface area (Å²) in [5, 5.41) is 18.7. The standard InChI is InChI=1S/C20H30N4O5/c1-13(2)17(20(28)29)24-19(27)15(10-6-7-11-21)23-16(25)12-22-18(26)14-8-4-3-5-9-14/h3-5,8-9,13,15,17H,6-7,10-12,21H2,1-2H3,(H,22,26)(H,23,25)(H,24,27)(H,28,29)/t15-,17-/m0/s1. The van der Waals surface area contributed by atoms with E-state index in [0.717, 1.165) is 6.42 Å². The number of hydrogen-bond donors (Lipinski definition) is 4. The Morgan fingerprint density at radius 3 is 2.24 bits per heavy atom. The summed E-state index contributed by atoms with van der Waals surface area (Å²) in [5.41, 5.74) is 4.15. The van der Waals surface area contributed by atoms with Crippen LogP contribution in [0.5, 0.6) is 0 Å². The van der Waals surface area contributed by atoms with E-state index in [2.05, 4.69) is 21.7 Å². The Labute approximate surface area is 170 Å². The Bertz CT molecular complexity index is 693. The molecular formula is C20H30N4O5. The van der Waals surface area contributed by atoms with Crippen LogP contribution in [-0.4, -0.2) is 48.9 Å². The van der Waals surface area contributed by atoms with Crippen LogP contribution in [0.4, 0.5) is 0 Å². The number of unbranched alkanes of at least 4 members (excludes halogenated alkanes) is 1. The zero-order valence-electron chi connectivity index (χ0n) is 16.9. The molecule has 0 aromatic heterocycles. The highest BCUT2D eigenvalue weighted by molar-refractivity contribution is 5.97. The van der Waals surface area contributed by atoms with Crippen molar-refractivity contribution in [2.45, 2.75) is 45.2 Å². The van der Waals surface area contributed by atoms with Crippen LogP contribution in [-0.2, 0) is 14.4 Å². The van der Waals surface area contributed by atoms with E-state index in [1.54, 1.807) is 44.2 Å². The first-order valence-corrected chi connectivity index (χ1v) is 9.69. The van der Waals surface area contributed by atoms with Gasteiger partial charge in [-0.2, -0.15) is 0 Å². The second-order valence-corrected chi connectivity index (χ2v) is 7.07. The third kappa shape index (κ3) is 8.73. The molecule has 0 spiro atoms. The third-order valence-corrected chi connectivity index (χ3v) is 4.31. The lowest BCUT2D eigenvalue weighted by Crippen LogP contribution is -2.57. The highest BCUT2D eigenvalue weighted by Crippen LogP contribution is 2.05. The number of rotatable bonds is 12. The van der Waals surface area contributed by atoms with Crippen LogP contribution in [0.25, 0.3) is 0 Å². The van der Waals surface area contributed by atoms with Crippen molar-refractivity contribution in [1.29, 1.82) is 0 Å². The Hall–Kier alpha value is -2.94. The topological polar surface area (TPSA) is 155 Å². The number of hydrogen-bond acceptors (Lipinski definition) is 5. The molecule has 0 fully saturated rings. The molecule has 9 heteroatoms.